The molecule has 0 saturated heterocycles. The Morgan fingerprint density at radius 1 is 1.26 bits per heavy atom. The van der Waals surface area contributed by atoms with Gasteiger partial charge in [0, 0.05) is 18.4 Å². The van der Waals surface area contributed by atoms with Gasteiger partial charge in [-0.2, -0.15) is 0 Å². The fourth-order valence-corrected chi connectivity index (χ4v) is 3.41. The lowest BCUT2D eigenvalue weighted by molar-refractivity contribution is -0.202. The summed E-state index contributed by atoms with van der Waals surface area (Å²) in [5, 5.41) is 11.1. The summed E-state index contributed by atoms with van der Waals surface area (Å²) < 4.78 is 29.1. The van der Waals surface area contributed by atoms with E-state index in [1.165, 1.54) is 12.1 Å². The van der Waals surface area contributed by atoms with Crippen LogP contribution in [-0.2, 0) is 9.53 Å². The summed E-state index contributed by atoms with van der Waals surface area (Å²) in [5.41, 5.74) is 0.0931. The number of fused-ring (bicyclic) bond motifs is 3. The number of benzene rings is 2. The number of halogens is 1. The van der Waals surface area contributed by atoms with Crippen LogP contribution in [0.5, 0.6) is 5.75 Å². The van der Waals surface area contributed by atoms with E-state index in [1.54, 1.807) is 24.3 Å². The van der Waals surface area contributed by atoms with Crippen molar-refractivity contribution in [3.8, 4) is 5.75 Å². The molecule has 1 aliphatic heterocycles. The highest BCUT2D eigenvalue weighted by Gasteiger charge is 2.49. The van der Waals surface area contributed by atoms with Gasteiger partial charge in [0.05, 0.1) is 18.1 Å². The first-order valence-electron chi connectivity index (χ1n) is 8.24. The Hall–Kier alpha value is -3.19. The second-order valence-corrected chi connectivity index (χ2v) is 6.32. The highest BCUT2D eigenvalue weighted by atomic mass is 19.1. The van der Waals surface area contributed by atoms with Gasteiger partial charge in [-0.25, -0.2) is 14.0 Å². The minimum absolute atomic E-state index is 0.0192. The van der Waals surface area contributed by atoms with Crippen molar-refractivity contribution in [3.05, 3.63) is 75.9 Å². The normalized spacial score (nSPS) is 21.4. The van der Waals surface area contributed by atoms with Crippen LogP contribution in [0.2, 0.25) is 0 Å². The van der Waals surface area contributed by atoms with Gasteiger partial charge in [-0.15, -0.1) is 0 Å². The first-order valence-corrected chi connectivity index (χ1v) is 8.24. The molecule has 0 spiro atoms. The lowest BCUT2D eigenvalue weighted by atomic mass is 9.83. The van der Waals surface area contributed by atoms with E-state index in [4.69, 9.17) is 9.15 Å². The summed E-state index contributed by atoms with van der Waals surface area (Å²) in [4.78, 5) is 24.8. The van der Waals surface area contributed by atoms with Crippen LogP contribution in [0.1, 0.15) is 23.5 Å². The Morgan fingerprint density at radius 3 is 2.70 bits per heavy atom. The quantitative estimate of drug-likeness (QED) is 0.551. The lowest BCUT2D eigenvalue weighted by Gasteiger charge is -2.36. The molecule has 7 heteroatoms. The van der Waals surface area contributed by atoms with E-state index in [0.717, 1.165) is 13.2 Å². The summed E-state index contributed by atoms with van der Waals surface area (Å²) in [6.07, 6.45) is -0.228. The van der Waals surface area contributed by atoms with Crippen molar-refractivity contribution in [1.29, 1.82) is 0 Å². The Kier molecular flexibility index (Phi) is 3.96. The number of ether oxygens (including phenoxy) is 2. The Morgan fingerprint density at radius 2 is 2.00 bits per heavy atom. The second kappa shape index (κ2) is 6.21. The molecule has 0 fully saturated rings. The number of methoxy groups -OCH3 is 1. The van der Waals surface area contributed by atoms with Crippen LogP contribution < -0.4 is 10.4 Å². The van der Waals surface area contributed by atoms with E-state index in [-0.39, 0.29) is 28.7 Å². The summed E-state index contributed by atoms with van der Waals surface area (Å²) in [7, 11) is 1.13. The fraction of sp³-hybridized carbons (Fsp3) is 0.200. The number of aliphatic hydroxyl groups is 1. The number of hydrogen-bond acceptors (Lipinski definition) is 6. The van der Waals surface area contributed by atoms with Crippen LogP contribution in [0.3, 0.4) is 0 Å². The minimum Gasteiger partial charge on any atom is -0.464 e. The largest absolute Gasteiger partial charge is 0.464 e. The molecule has 0 aliphatic carbocycles. The molecular weight excluding hydrogens is 355 g/mol. The Bertz CT molecular complexity index is 1090. The van der Waals surface area contributed by atoms with Gasteiger partial charge in [0.1, 0.15) is 17.1 Å². The molecule has 1 aliphatic rings. The smallest absolute Gasteiger partial charge is 0.379 e. The number of esters is 1. The molecule has 1 N–H and O–H groups in total. The summed E-state index contributed by atoms with van der Waals surface area (Å²) in [5.74, 6) is -4.57. The molecule has 0 unspecified atom stereocenters. The molecule has 0 amide bonds. The molecule has 2 aromatic carbocycles. The zero-order chi connectivity index (χ0) is 19.2. The monoisotopic (exact) mass is 370 g/mol. The second-order valence-electron chi connectivity index (χ2n) is 6.32. The van der Waals surface area contributed by atoms with Gasteiger partial charge < -0.3 is 19.0 Å². The van der Waals surface area contributed by atoms with Crippen LogP contribution >= 0.6 is 0 Å². The van der Waals surface area contributed by atoms with E-state index in [1.807, 2.05) is 6.07 Å². The topological polar surface area (TPSA) is 86.0 Å². The first-order chi connectivity index (χ1) is 12.9. The summed E-state index contributed by atoms with van der Waals surface area (Å²) in [6.45, 7) is 0. The molecule has 27 heavy (non-hydrogen) atoms. The standard InChI is InChI=1S/C20H15FO6/c1-25-19(23)20(24)10-14(11-5-3-2-4-6-11)16-17(27-20)13-8-7-12(21)9-15(13)26-18(16)22/h2-9,14,24H,10H2,1H3/t14-,20+/m1/s1. The third kappa shape index (κ3) is 2.76. The highest BCUT2D eigenvalue weighted by Crippen LogP contribution is 2.45. The zero-order valence-corrected chi connectivity index (χ0v) is 14.3. The number of carbonyl (C=O) groups is 1. The van der Waals surface area contributed by atoms with Gasteiger partial charge in [-0.1, -0.05) is 30.3 Å². The maximum Gasteiger partial charge on any atom is 0.379 e. The molecule has 0 bridgehead atoms. The van der Waals surface area contributed by atoms with Crippen LogP contribution in [0, 0.1) is 5.82 Å². The van der Waals surface area contributed by atoms with Crippen molar-refractivity contribution in [1.82, 2.24) is 0 Å². The maximum atomic E-state index is 13.6. The molecule has 1 aromatic heterocycles. The van der Waals surface area contributed by atoms with Gasteiger partial charge >= 0.3 is 17.4 Å². The van der Waals surface area contributed by atoms with Gasteiger partial charge in [0.15, 0.2) is 0 Å². The van der Waals surface area contributed by atoms with E-state index >= 15 is 0 Å². The van der Waals surface area contributed by atoms with Crippen molar-refractivity contribution in [2.24, 2.45) is 0 Å². The van der Waals surface area contributed by atoms with E-state index in [2.05, 4.69) is 4.74 Å². The van der Waals surface area contributed by atoms with Gasteiger partial charge in [-0.3, -0.25) is 0 Å². The number of rotatable bonds is 2. The van der Waals surface area contributed by atoms with Crippen molar-refractivity contribution < 1.29 is 28.2 Å². The molecule has 2 heterocycles. The van der Waals surface area contributed by atoms with Crippen LogP contribution in [0.25, 0.3) is 11.0 Å². The van der Waals surface area contributed by atoms with Gasteiger partial charge in [-0.05, 0) is 17.7 Å². The lowest BCUT2D eigenvalue weighted by Crippen LogP contribution is -2.50. The van der Waals surface area contributed by atoms with Crippen LogP contribution in [0.15, 0.2) is 57.7 Å². The average Bonchev–Trinajstić information content (AvgIpc) is 2.67. The minimum atomic E-state index is -2.29. The Labute approximate surface area is 152 Å². The van der Waals surface area contributed by atoms with Crippen LogP contribution in [0.4, 0.5) is 4.39 Å². The average molecular weight is 370 g/mol. The van der Waals surface area contributed by atoms with Gasteiger partial charge in [0.25, 0.3) is 0 Å². The molecular formula is C20H15FO6. The Balaban J connectivity index is 2.03. The van der Waals surface area contributed by atoms with Crippen LogP contribution in [-0.4, -0.2) is 24.0 Å². The number of carbonyl (C=O) groups excluding carboxylic acids is 1. The third-order valence-corrected chi connectivity index (χ3v) is 4.66. The van der Waals surface area contributed by atoms with E-state index in [9.17, 15) is 19.1 Å². The molecule has 138 valence electrons. The van der Waals surface area contributed by atoms with Crippen molar-refractivity contribution in [2.75, 3.05) is 7.11 Å². The predicted octanol–water partition coefficient (Wildman–Crippen LogP) is 2.71. The molecule has 3 aromatic rings. The molecule has 4 rings (SSSR count). The maximum absolute atomic E-state index is 13.6. The van der Waals surface area contributed by atoms with Crippen molar-refractivity contribution in [3.63, 3.8) is 0 Å². The predicted molar refractivity (Wildman–Crippen MR) is 92.9 cm³/mol. The zero-order valence-electron chi connectivity index (χ0n) is 14.3. The third-order valence-electron chi connectivity index (χ3n) is 4.66. The number of hydrogen-bond donors (Lipinski definition) is 1. The summed E-state index contributed by atoms with van der Waals surface area (Å²) >= 11 is 0. The fourth-order valence-electron chi connectivity index (χ4n) is 3.41. The van der Waals surface area contributed by atoms with Crippen molar-refractivity contribution in [2.45, 2.75) is 18.1 Å². The molecule has 2 atom stereocenters. The van der Waals surface area contributed by atoms with E-state index < -0.39 is 29.1 Å². The summed E-state index contributed by atoms with van der Waals surface area (Å²) in [6, 6.07) is 12.5. The van der Waals surface area contributed by atoms with Gasteiger partial charge in [0.2, 0.25) is 0 Å². The molecule has 0 saturated carbocycles. The highest BCUT2D eigenvalue weighted by molar-refractivity contribution is 5.87. The molecule has 0 radical (unpaired) electrons. The van der Waals surface area contributed by atoms with Crippen molar-refractivity contribution >= 4 is 16.9 Å². The van der Waals surface area contributed by atoms with E-state index in [0.29, 0.717) is 5.56 Å². The molecule has 6 nitrogen and oxygen atoms in total. The SMILES string of the molecule is COC(=O)[C@]1(O)C[C@H](c2ccccc2)c2c(c3ccc(F)cc3oc2=O)O1. The first kappa shape index (κ1) is 17.2.